The molecule has 0 rings (SSSR count). The minimum atomic E-state index is -0.818. The summed E-state index contributed by atoms with van der Waals surface area (Å²) < 4.78 is 16.6. The van der Waals surface area contributed by atoms with Gasteiger partial charge in [0.2, 0.25) is 0 Å². The highest BCUT2D eigenvalue weighted by Crippen LogP contribution is 2.14. The van der Waals surface area contributed by atoms with Crippen molar-refractivity contribution < 1.29 is 28.6 Å². The fourth-order valence-corrected chi connectivity index (χ4v) is 6.38. The van der Waals surface area contributed by atoms with E-state index in [2.05, 4.69) is 93.7 Å². The van der Waals surface area contributed by atoms with Gasteiger partial charge < -0.3 is 14.2 Å². The molecule has 0 aliphatic heterocycles. The third-order valence-electron chi connectivity index (χ3n) is 9.96. The van der Waals surface area contributed by atoms with Crippen molar-refractivity contribution in [3.05, 3.63) is 85.1 Å². The standard InChI is InChI=1S/C53H88O6/c1-4-7-10-13-16-19-21-23-25-26-28-29-31-34-37-40-43-46-52(55)58-49-50(48-57-51(54)45-42-39-36-33-18-15-12-9-6-3)59-53(56)47-44-41-38-35-32-30-27-24-22-20-17-14-11-8-5-2/h8-9,11-12,14,17-18,20,22-23,25,33,39,42,50H,4-7,10,13,15-16,19,21,24,26-32,34-38,40-41,43-49H2,1-3H3/b11-8-,12-9-,17-14-,22-20-,25-23-,33-18-,42-39-. The predicted molar refractivity (Wildman–Crippen MR) is 251 cm³/mol. The van der Waals surface area contributed by atoms with Gasteiger partial charge in [0.25, 0.3) is 0 Å². The van der Waals surface area contributed by atoms with Crippen LogP contribution in [-0.2, 0) is 28.6 Å². The van der Waals surface area contributed by atoms with Gasteiger partial charge in [-0.05, 0) is 77.0 Å². The lowest BCUT2D eigenvalue weighted by atomic mass is 10.1. The average molecular weight is 821 g/mol. The van der Waals surface area contributed by atoms with Gasteiger partial charge in [0.05, 0.1) is 6.42 Å². The zero-order valence-electron chi connectivity index (χ0n) is 38.2. The van der Waals surface area contributed by atoms with E-state index in [9.17, 15) is 14.4 Å². The van der Waals surface area contributed by atoms with E-state index >= 15 is 0 Å². The molecular weight excluding hydrogens is 733 g/mol. The van der Waals surface area contributed by atoms with Gasteiger partial charge >= 0.3 is 17.9 Å². The first kappa shape index (κ1) is 55.6. The van der Waals surface area contributed by atoms with Gasteiger partial charge in [-0.3, -0.25) is 14.4 Å². The summed E-state index contributed by atoms with van der Waals surface area (Å²) >= 11 is 0. The highest BCUT2D eigenvalue weighted by molar-refractivity contribution is 5.72. The van der Waals surface area contributed by atoms with Crippen molar-refractivity contribution in [2.24, 2.45) is 0 Å². The Balaban J connectivity index is 4.41. The number of esters is 3. The van der Waals surface area contributed by atoms with Crippen LogP contribution in [0, 0.1) is 0 Å². The fraction of sp³-hybridized carbons (Fsp3) is 0.679. The Bertz CT molecular complexity index is 1170. The Labute approximate surface area is 363 Å². The first-order valence-electron chi connectivity index (χ1n) is 24.1. The van der Waals surface area contributed by atoms with Crippen LogP contribution in [0.1, 0.15) is 213 Å². The van der Waals surface area contributed by atoms with Crippen LogP contribution >= 0.6 is 0 Å². The summed E-state index contributed by atoms with van der Waals surface area (Å²) in [4.78, 5) is 37.7. The van der Waals surface area contributed by atoms with E-state index in [-0.39, 0.29) is 31.6 Å². The molecule has 0 saturated carbocycles. The summed E-state index contributed by atoms with van der Waals surface area (Å²) in [6.07, 6.45) is 60.3. The van der Waals surface area contributed by atoms with E-state index in [1.165, 1.54) is 96.3 Å². The summed E-state index contributed by atoms with van der Waals surface area (Å²) in [5, 5.41) is 0. The number of ether oxygens (including phenoxy) is 3. The van der Waals surface area contributed by atoms with E-state index < -0.39 is 12.1 Å². The second kappa shape index (κ2) is 47.3. The molecule has 1 atom stereocenters. The van der Waals surface area contributed by atoms with Gasteiger partial charge in [0.1, 0.15) is 13.2 Å². The van der Waals surface area contributed by atoms with E-state index in [0.29, 0.717) is 12.8 Å². The van der Waals surface area contributed by atoms with Gasteiger partial charge in [-0.1, -0.05) is 202 Å². The SMILES string of the molecule is CC\C=C/C=C\C=C/CCCCCCCCCC(=O)OC(COC(=O)C/C=C\C/C=C\C/C=C\CC)COC(=O)CCCCCCCCC/C=C\CCCCCCCC. The maximum atomic E-state index is 12.7. The fourth-order valence-electron chi connectivity index (χ4n) is 6.38. The summed E-state index contributed by atoms with van der Waals surface area (Å²) in [5.74, 6) is -1.06. The molecule has 0 heterocycles. The lowest BCUT2D eigenvalue weighted by molar-refractivity contribution is -0.166. The third kappa shape index (κ3) is 45.5. The van der Waals surface area contributed by atoms with Gasteiger partial charge in [0.15, 0.2) is 6.10 Å². The summed E-state index contributed by atoms with van der Waals surface area (Å²) in [7, 11) is 0. The second-order valence-corrected chi connectivity index (χ2v) is 15.7. The number of hydrogen-bond donors (Lipinski definition) is 0. The van der Waals surface area contributed by atoms with Crippen LogP contribution in [0.2, 0.25) is 0 Å². The molecule has 0 bridgehead atoms. The zero-order chi connectivity index (χ0) is 43.0. The predicted octanol–water partition coefficient (Wildman–Crippen LogP) is 15.6. The van der Waals surface area contributed by atoms with Crippen LogP contribution in [0.5, 0.6) is 0 Å². The second-order valence-electron chi connectivity index (χ2n) is 15.7. The first-order valence-corrected chi connectivity index (χ1v) is 24.1. The van der Waals surface area contributed by atoms with E-state index in [4.69, 9.17) is 14.2 Å². The van der Waals surface area contributed by atoms with Crippen LogP contribution in [0.3, 0.4) is 0 Å². The van der Waals surface area contributed by atoms with Crippen molar-refractivity contribution in [1.82, 2.24) is 0 Å². The lowest BCUT2D eigenvalue weighted by Gasteiger charge is -2.18. The molecule has 1 unspecified atom stereocenters. The molecule has 0 aromatic rings. The van der Waals surface area contributed by atoms with E-state index in [0.717, 1.165) is 77.0 Å². The highest BCUT2D eigenvalue weighted by Gasteiger charge is 2.19. The number of unbranched alkanes of at least 4 members (excludes halogenated alkanes) is 20. The molecule has 336 valence electrons. The van der Waals surface area contributed by atoms with Crippen molar-refractivity contribution in [1.29, 1.82) is 0 Å². The molecule has 6 nitrogen and oxygen atoms in total. The average Bonchev–Trinajstić information content (AvgIpc) is 3.23. The minimum absolute atomic E-state index is 0.111. The quantitative estimate of drug-likeness (QED) is 0.0201. The molecule has 0 radical (unpaired) electrons. The number of carbonyl (C=O) groups excluding carboxylic acids is 3. The number of rotatable bonds is 42. The smallest absolute Gasteiger partial charge is 0.309 e. The lowest BCUT2D eigenvalue weighted by Crippen LogP contribution is -2.30. The molecule has 0 fully saturated rings. The molecule has 0 aliphatic carbocycles. The molecule has 0 amide bonds. The van der Waals surface area contributed by atoms with Crippen molar-refractivity contribution in [3.63, 3.8) is 0 Å². The van der Waals surface area contributed by atoms with Gasteiger partial charge in [-0.15, -0.1) is 0 Å². The normalized spacial score (nSPS) is 12.8. The van der Waals surface area contributed by atoms with Gasteiger partial charge in [-0.2, -0.15) is 0 Å². The summed E-state index contributed by atoms with van der Waals surface area (Å²) in [6.45, 7) is 6.26. The Hall–Kier alpha value is -3.41. The van der Waals surface area contributed by atoms with Crippen LogP contribution in [0.25, 0.3) is 0 Å². The van der Waals surface area contributed by atoms with Crippen molar-refractivity contribution in [2.75, 3.05) is 13.2 Å². The van der Waals surface area contributed by atoms with Crippen molar-refractivity contribution >= 4 is 17.9 Å². The molecule has 0 N–H and O–H groups in total. The molecule has 0 saturated heterocycles. The monoisotopic (exact) mass is 821 g/mol. The molecule has 6 heteroatoms. The number of carbonyl (C=O) groups is 3. The van der Waals surface area contributed by atoms with Gasteiger partial charge in [0, 0.05) is 12.8 Å². The third-order valence-corrected chi connectivity index (χ3v) is 9.96. The van der Waals surface area contributed by atoms with Crippen LogP contribution < -0.4 is 0 Å². The highest BCUT2D eigenvalue weighted by atomic mass is 16.6. The zero-order valence-corrected chi connectivity index (χ0v) is 38.2. The molecule has 59 heavy (non-hydrogen) atoms. The Morgan fingerprint density at radius 2 is 0.814 bits per heavy atom. The largest absolute Gasteiger partial charge is 0.462 e. The van der Waals surface area contributed by atoms with Crippen LogP contribution in [0.15, 0.2) is 85.1 Å². The maximum absolute atomic E-state index is 12.7. The van der Waals surface area contributed by atoms with Crippen LogP contribution in [0.4, 0.5) is 0 Å². The molecule has 0 aromatic carbocycles. The number of hydrogen-bond acceptors (Lipinski definition) is 6. The molecule has 0 aromatic heterocycles. The Kier molecular flexibility index (Phi) is 44.5. The van der Waals surface area contributed by atoms with Crippen molar-refractivity contribution in [3.8, 4) is 0 Å². The van der Waals surface area contributed by atoms with Crippen molar-refractivity contribution in [2.45, 2.75) is 219 Å². The minimum Gasteiger partial charge on any atom is -0.462 e. The maximum Gasteiger partial charge on any atom is 0.309 e. The number of allylic oxidation sites excluding steroid dienone is 13. The Morgan fingerprint density at radius 3 is 1.36 bits per heavy atom. The molecule has 0 aliphatic rings. The van der Waals surface area contributed by atoms with E-state index in [1.54, 1.807) is 6.08 Å². The Morgan fingerprint density at radius 1 is 0.390 bits per heavy atom. The topological polar surface area (TPSA) is 78.9 Å². The molecular formula is C53H88O6. The summed E-state index contributed by atoms with van der Waals surface area (Å²) in [6, 6.07) is 0. The summed E-state index contributed by atoms with van der Waals surface area (Å²) in [5.41, 5.74) is 0. The van der Waals surface area contributed by atoms with E-state index in [1.807, 2.05) is 6.08 Å². The molecule has 0 spiro atoms. The first-order chi connectivity index (χ1) is 29.0. The van der Waals surface area contributed by atoms with Crippen LogP contribution in [-0.4, -0.2) is 37.2 Å². The van der Waals surface area contributed by atoms with Gasteiger partial charge in [-0.25, -0.2) is 0 Å².